The summed E-state index contributed by atoms with van der Waals surface area (Å²) in [6.45, 7) is 3.30. The fraction of sp³-hybridized carbons (Fsp3) is 0.769. The minimum atomic E-state index is 0.0824. The number of piperazine rings is 1. The number of likely N-dealkylation sites (N-methyl/N-ethyl adjacent to an activating group) is 1. The van der Waals surface area contributed by atoms with Crippen molar-refractivity contribution in [2.24, 2.45) is 5.73 Å². The van der Waals surface area contributed by atoms with E-state index in [9.17, 15) is 9.59 Å². The molecule has 1 unspecified atom stereocenters. The van der Waals surface area contributed by atoms with E-state index < -0.39 is 0 Å². The lowest BCUT2D eigenvalue weighted by atomic mass is 10.1. The molecule has 0 aliphatic carbocycles. The van der Waals surface area contributed by atoms with Crippen LogP contribution in [0, 0.1) is 0 Å². The molecule has 2 N–H and O–H groups in total. The number of nitrogens with two attached hydrogens (primary N) is 1. The Kier molecular flexibility index (Phi) is 4.93. The van der Waals surface area contributed by atoms with Crippen molar-refractivity contribution in [1.29, 1.82) is 0 Å². The number of amides is 2. The zero-order valence-electron chi connectivity index (χ0n) is 11.9. The summed E-state index contributed by atoms with van der Waals surface area (Å²) in [6.07, 6.45) is 2.13. The first-order valence-corrected chi connectivity index (χ1v) is 7.42. The molecule has 2 rings (SSSR count). The molecule has 0 aromatic rings. The maximum atomic E-state index is 12.1. The number of thiocarbonyl (C=S) groups is 1. The lowest BCUT2D eigenvalue weighted by molar-refractivity contribution is -0.133. The Morgan fingerprint density at radius 1 is 1.50 bits per heavy atom. The lowest BCUT2D eigenvalue weighted by Gasteiger charge is -2.37. The fourth-order valence-electron chi connectivity index (χ4n) is 2.79. The minimum Gasteiger partial charge on any atom is -0.393 e. The molecule has 2 amide bonds. The second kappa shape index (κ2) is 6.49. The smallest absolute Gasteiger partial charge is 0.236 e. The van der Waals surface area contributed by atoms with Crippen LogP contribution >= 0.6 is 12.2 Å². The van der Waals surface area contributed by atoms with Crippen LogP contribution in [0.4, 0.5) is 0 Å². The van der Waals surface area contributed by atoms with Crippen molar-refractivity contribution in [2.45, 2.75) is 25.3 Å². The predicted molar refractivity (Wildman–Crippen MR) is 80.2 cm³/mol. The third kappa shape index (κ3) is 3.67. The van der Waals surface area contributed by atoms with E-state index in [1.807, 2.05) is 4.90 Å². The second-order valence-electron chi connectivity index (χ2n) is 5.55. The number of hydrogen-bond acceptors (Lipinski definition) is 4. The van der Waals surface area contributed by atoms with Crippen molar-refractivity contribution in [3.63, 3.8) is 0 Å². The van der Waals surface area contributed by atoms with Gasteiger partial charge in [-0.3, -0.25) is 14.5 Å². The summed E-state index contributed by atoms with van der Waals surface area (Å²) < 4.78 is 0. The topological polar surface area (TPSA) is 69.9 Å². The fourth-order valence-corrected chi connectivity index (χ4v) is 2.88. The lowest BCUT2D eigenvalue weighted by Crippen LogP contribution is -2.53. The Morgan fingerprint density at radius 3 is 2.95 bits per heavy atom. The molecular weight excluding hydrogens is 276 g/mol. The van der Waals surface area contributed by atoms with Crippen molar-refractivity contribution < 1.29 is 9.59 Å². The van der Waals surface area contributed by atoms with Crippen molar-refractivity contribution in [1.82, 2.24) is 14.7 Å². The van der Waals surface area contributed by atoms with Crippen LogP contribution in [0.3, 0.4) is 0 Å². The number of carbonyl (C=O) groups is 2. The van der Waals surface area contributed by atoms with Crippen LogP contribution in [-0.4, -0.2) is 77.3 Å². The zero-order valence-corrected chi connectivity index (χ0v) is 12.7. The molecule has 0 bridgehead atoms. The third-order valence-corrected chi connectivity index (χ3v) is 4.26. The van der Waals surface area contributed by atoms with E-state index in [0.717, 1.165) is 26.1 Å². The van der Waals surface area contributed by atoms with E-state index in [4.69, 9.17) is 18.0 Å². The summed E-state index contributed by atoms with van der Waals surface area (Å²) in [7, 11) is 1.77. The molecule has 0 aromatic heterocycles. The van der Waals surface area contributed by atoms with Crippen LogP contribution < -0.4 is 5.73 Å². The molecule has 20 heavy (non-hydrogen) atoms. The molecule has 0 saturated carbocycles. The molecule has 1 atom stereocenters. The summed E-state index contributed by atoms with van der Waals surface area (Å²) >= 11 is 4.82. The van der Waals surface area contributed by atoms with Gasteiger partial charge in [-0.2, -0.15) is 0 Å². The van der Waals surface area contributed by atoms with E-state index in [1.54, 1.807) is 11.9 Å². The maximum absolute atomic E-state index is 12.1. The number of carbonyl (C=O) groups excluding carboxylic acids is 2. The second-order valence-corrected chi connectivity index (χ2v) is 6.07. The van der Waals surface area contributed by atoms with Gasteiger partial charge in [0, 0.05) is 52.1 Å². The highest BCUT2D eigenvalue weighted by atomic mass is 32.1. The van der Waals surface area contributed by atoms with Gasteiger partial charge in [-0.1, -0.05) is 12.2 Å². The Bertz CT molecular complexity index is 415. The van der Waals surface area contributed by atoms with Gasteiger partial charge in [0.15, 0.2) is 0 Å². The standard InChI is InChI=1S/C13H22N4O2S/c1-15(5-4-11(14)20)13(19)9-16-6-7-17-10(8-16)2-3-12(17)18/h10H,2-9H2,1H3,(H2,14,20). The van der Waals surface area contributed by atoms with Crippen LogP contribution in [0.15, 0.2) is 0 Å². The van der Waals surface area contributed by atoms with E-state index in [0.29, 0.717) is 37.0 Å². The van der Waals surface area contributed by atoms with Crippen LogP contribution in [0.1, 0.15) is 19.3 Å². The van der Waals surface area contributed by atoms with E-state index in [-0.39, 0.29) is 11.8 Å². The number of fused-ring (bicyclic) bond motifs is 1. The van der Waals surface area contributed by atoms with Gasteiger partial charge in [-0.15, -0.1) is 0 Å². The quantitative estimate of drug-likeness (QED) is 0.688. The van der Waals surface area contributed by atoms with Gasteiger partial charge in [-0.25, -0.2) is 0 Å². The average molecular weight is 298 g/mol. The number of nitrogens with zero attached hydrogens (tertiary/aromatic N) is 3. The Labute approximate surface area is 124 Å². The average Bonchev–Trinajstić information content (AvgIpc) is 2.77. The molecule has 6 nitrogen and oxygen atoms in total. The summed E-state index contributed by atoms with van der Waals surface area (Å²) in [5.41, 5.74) is 5.44. The first-order chi connectivity index (χ1) is 9.47. The van der Waals surface area contributed by atoms with Gasteiger partial charge in [0.2, 0.25) is 11.8 Å². The molecule has 112 valence electrons. The van der Waals surface area contributed by atoms with Crippen LogP contribution in [-0.2, 0) is 9.59 Å². The molecule has 0 spiro atoms. The summed E-state index contributed by atoms with van der Waals surface area (Å²) in [6, 6.07) is 0.297. The van der Waals surface area contributed by atoms with Crippen molar-refractivity contribution in [2.75, 3.05) is 39.8 Å². The van der Waals surface area contributed by atoms with E-state index in [1.165, 1.54) is 0 Å². The van der Waals surface area contributed by atoms with Crippen molar-refractivity contribution in [3.8, 4) is 0 Å². The molecule has 2 fully saturated rings. The van der Waals surface area contributed by atoms with Crippen LogP contribution in [0.5, 0.6) is 0 Å². The van der Waals surface area contributed by atoms with E-state index >= 15 is 0 Å². The summed E-state index contributed by atoms with van der Waals surface area (Å²) in [4.78, 5) is 29.9. The molecule has 2 heterocycles. The monoisotopic (exact) mass is 298 g/mol. The predicted octanol–water partition coefficient (Wildman–Crippen LogP) is -0.572. The molecule has 2 aliphatic heterocycles. The number of hydrogen-bond donors (Lipinski definition) is 1. The third-order valence-electron chi connectivity index (χ3n) is 4.06. The highest BCUT2D eigenvalue weighted by Crippen LogP contribution is 2.22. The summed E-state index contributed by atoms with van der Waals surface area (Å²) in [5, 5.41) is 0. The molecule has 2 aliphatic rings. The summed E-state index contributed by atoms with van der Waals surface area (Å²) in [5.74, 6) is 0.341. The SMILES string of the molecule is CN(CCC(N)=S)C(=O)CN1CCN2C(=O)CCC2C1. The maximum Gasteiger partial charge on any atom is 0.236 e. The Balaban J connectivity index is 1.78. The molecule has 7 heteroatoms. The van der Waals surface area contributed by atoms with Gasteiger partial charge in [0.05, 0.1) is 11.5 Å². The Morgan fingerprint density at radius 2 is 2.25 bits per heavy atom. The molecule has 0 aromatic carbocycles. The van der Waals surface area contributed by atoms with Crippen LogP contribution in [0.2, 0.25) is 0 Å². The van der Waals surface area contributed by atoms with Gasteiger partial charge < -0.3 is 15.5 Å². The van der Waals surface area contributed by atoms with Gasteiger partial charge in [-0.05, 0) is 6.42 Å². The first kappa shape index (κ1) is 15.2. The van der Waals surface area contributed by atoms with Crippen molar-refractivity contribution >= 4 is 29.0 Å². The first-order valence-electron chi connectivity index (χ1n) is 7.01. The molecular formula is C13H22N4O2S. The van der Waals surface area contributed by atoms with Gasteiger partial charge in [0.1, 0.15) is 0 Å². The highest BCUT2D eigenvalue weighted by molar-refractivity contribution is 7.80. The van der Waals surface area contributed by atoms with Gasteiger partial charge >= 0.3 is 0 Å². The molecule has 0 radical (unpaired) electrons. The highest BCUT2D eigenvalue weighted by Gasteiger charge is 2.35. The van der Waals surface area contributed by atoms with E-state index in [2.05, 4.69) is 4.90 Å². The van der Waals surface area contributed by atoms with Crippen LogP contribution in [0.25, 0.3) is 0 Å². The largest absolute Gasteiger partial charge is 0.393 e. The Hall–Kier alpha value is -1.21. The normalized spacial score (nSPS) is 22.8. The minimum absolute atomic E-state index is 0.0824. The van der Waals surface area contributed by atoms with Crippen molar-refractivity contribution in [3.05, 3.63) is 0 Å². The van der Waals surface area contributed by atoms with Gasteiger partial charge in [0.25, 0.3) is 0 Å². The number of rotatable bonds is 5. The zero-order chi connectivity index (χ0) is 14.7. The molecule has 2 saturated heterocycles.